The van der Waals surface area contributed by atoms with E-state index in [1.807, 2.05) is 6.92 Å². The third-order valence-electron chi connectivity index (χ3n) is 2.41. The number of aromatic nitrogens is 3. The number of aldehydes is 1. The van der Waals surface area contributed by atoms with Crippen LogP contribution in [0.1, 0.15) is 16.1 Å². The summed E-state index contributed by atoms with van der Waals surface area (Å²) in [5.74, 6) is 0. The Bertz CT molecular complexity index is 596. The van der Waals surface area contributed by atoms with E-state index in [-0.39, 0.29) is 5.56 Å². The van der Waals surface area contributed by atoms with Crippen molar-refractivity contribution in [2.75, 3.05) is 0 Å². The van der Waals surface area contributed by atoms with Crippen molar-refractivity contribution >= 4 is 6.29 Å². The largest absolute Gasteiger partial charge is 0.300 e. The van der Waals surface area contributed by atoms with Gasteiger partial charge in [-0.05, 0) is 13.0 Å². The van der Waals surface area contributed by atoms with E-state index in [4.69, 9.17) is 0 Å². The summed E-state index contributed by atoms with van der Waals surface area (Å²) in [6.07, 6.45) is 3.75. The van der Waals surface area contributed by atoms with Gasteiger partial charge in [-0.2, -0.15) is 0 Å². The van der Waals surface area contributed by atoms with Crippen LogP contribution in [0.5, 0.6) is 0 Å². The van der Waals surface area contributed by atoms with Gasteiger partial charge < -0.3 is 0 Å². The Labute approximate surface area is 91.7 Å². The zero-order chi connectivity index (χ0) is 11.7. The van der Waals surface area contributed by atoms with E-state index in [1.54, 1.807) is 19.3 Å². The highest BCUT2D eigenvalue weighted by Crippen LogP contribution is 2.17. The minimum Gasteiger partial charge on any atom is -0.300 e. The van der Waals surface area contributed by atoms with E-state index < -0.39 is 0 Å². The van der Waals surface area contributed by atoms with Crippen LogP contribution in [0.3, 0.4) is 0 Å². The predicted octanol–water partition coefficient (Wildman–Crippen LogP) is 0.896. The van der Waals surface area contributed by atoms with Gasteiger partial charge in [-0.3, -0.25) is 24.4 Å². The highest BCUT2D eigenvalue weighted by Gasteiger charge is 2.11. The molecule has 1 N–H and O–H groups in total. The van der Waals surface area contributed by atoms with Gasteiger partial charge in [0, 0.05) is 36.3 Å². The monoisotopic (exact) mass is 217 g/mol. The summed E-state index contributed by atoms with van der Waals surface area (Å²) < 4.78 is 1.40. The molecular weight excluding hydrogens is 206 g/mol. The summed E-state index contributed by atoms with van der Waals surface area (Å²) in [6, 6.07) is 1.65. The Balaban J connectivity index is 2.67. The third-order valence-corrected chi connectivity index (χ3v) is 2.41. The summed E-state index contributed by atoms with van der Waals surface area (Å²) >= 11 is 0. The molecule has 2 aromatic heterocycles. The first kappa shape index (κ1) is 10.4. The first-order chi connectivity index (χ1) is 7.63. The molecule has 82 valence electrons. The van der Waals surface area contributed by atoms with Gasteiger partial charge in [-0.15, -0.1) is 0 Å². The number of aromatic amines is 1. The van der Waals surface area contributed by atoms with Crippen molar-refractivity contribution in [3.63, 3.8) is 0 Å². The molecule has 0 fully saturated rings. The van der Waals surface area contributed by atoms with E-state index in [0.29, 0.717) is 23.0 Å². The number of rotatable bonds is 2. The van der Waals surface area contributed by atoms with Crippen LogP contribution in [0, 0.1) is 6.92 Å². The number of H-pyrrole nitrogens is 1. The highest BCUT2D eigenvalue weighted by atomic mass is 16.1. The molecule has 16 heavy (non-hydrogen) atoms. The number of carbonyl (C=O) groups is 1. The zero-order valence-corrected chi connectivity index (χ0v) is 9.02. The summed E-state index contributed by atoms with van der Waals surface area (Å²) in [5.41, 5.74) is 2.31. The SMILES string of the molecule is Cc1[nH]n(C)c(=O)c1-c1cncc(C=O)c1. The molecule has 0 bridgehead atoms. The first-order valence-electron chi connectivity index (χ1n) is 4.79. The summed E-state index contributed by atoms with van der Waals surface area (Å²) in [7, 11) is 1.65. The van der Waals surface area contributed by atoms with Crippen LogP contribution in [0.15, 0.2) is 23.3 Å². The maximum atomic E-state index is 11.8. The molecule has 0 aliphatic heterocycles. The maximum Gasteiger partial charge on any atom is 0.274 e. The summed E-state index contributed by atoms with van der Waals surface area (Å²) in [4.78, 5) is 26.4. The third kappa shape index (κ3) is 1.56. The minimum absolute atomic E-state index is 0.123. The number of hydrogen-bond acceptors (Lipinski definition) is 3. The Morgan fingerprint density at radius 1 is 1.44 bits per heavy atom. The summed E-state index contributed by atoms with van der Waals surface area (Å²) in [6.45, 7) is 1.81. The Morgan fingerprint density at radius 2 is 2.19 bits per heavy atom. The smallest absolute Gasteiger partial charge is 0.274 e. The van der Waals surface area contributed by atoms with Gasteiger partial charge in [0.05, 0.1) is 5.56 Å². The molecule has 0 atom stereocenters. The van der Waals surface area contributed by atoms with Gasteiger partial charge >= 0.3 is 0 Å². The van der Waals surface area contributed by atoms with Crippen molar-refractivity contribution in [2.45, 2.75) is 6.92 Å². The molecule has 0 unspecified atom stereocenters. The molecular formula is C11H11N3O2. The van der Waals surface area contributed by atoms with Gasteiger partial charge in [-0.25, -0.2) is 0 Å². The minimum atomic E-state index is -0.123. The number of pyridine rings is 1. The molecule has 0 aromatic carbocycles. The molecule has 0 spiro atoms. The topological polar surface area (TPSA) is 67.8 Å². The maximum absolute atomic E-state index is 11.8. The van der Waals surface area contributed by atoms with Gasteiger partial charge in [0.2, 0.25) is 0 Å². The molecule has 2 rings (SSSR count). The van der Waals surface area contributed by atoms with Crippen LogP contribution in [-0.2, 0) is 7.05 Å². The normalized spacial score (nSPS) is 10.4. The quantitative estimate of drug-likeness (QED) is 0.760. The average molecular weight is 217 g/mol. The average Bonchev–Trinajstić information content (AvgIpc) is 2.53. The van der Waals surface area contributed by atoms with Crippen LogP contribution in [0.2, 0.25) is 0 Å². The lowest BCUT2D eigenvalue weighted by atomic mass is 10.1. The standard InChI is InChI=1S/C11H11N3O2/c1-7-10(11(16)14(2)13-7)9-3-8(6-15)4-12-5-9/h3-6,13H,1-2H3. The molecule has 0 saturated carbocycles. The van der Waals surface area contributed by atoms with Crippen LogP contribution in [0.4, 0.5) is 0 Å². The number of carbonyl (C=O) groups excluding carboxylic acids is 1. The zero-order valence-electron chi connectivity index (χ0n) is 9.02. The fourth-order valence-electron chi connectivity index (χ4n) is 1.69. The Hall–Kier alpha value is -2.17. The van der Waals surface area contributed by atoms with Crippen LogP contribution in [-0.4, -0.2) is 21.1 Å². The van der Waals surface area contributed by atoms with E-state index in [9.17, 15) is 9.59 Å². The van der Waals surface area contributed by atoms with Crippen molar-refractivity contribution < 1.29 is 4.79 Å². The van der Waals surface area contributed by atoms with Crippen molar-refractivity contribution in [3.05, 3.63) is 40.1 Å². The van der Waals surface area contributed by atoms with E-state index in [1.165, 1.54) is 10.9 Å². The van der Waals surface area contributed by atoms with Gasteiger partial charge in [0.1, 0.15) is 0 Å². The second-order valence-corrected chi connectivity index (χ2v) is 3.60. The molecule has 2 aromatic rings. The molecule has 2 heterocycles. The van der Waals surface area contributed by atoms with Gasteiger partial charge in [-0.1, -0.05) is 0 Å². The van der Waals surface area contributed by atoms with Crippen LogP contribution >= 0.6 is 0 Å². The Kier molecular flexibility index (Phi) is 2.44. The lowest BCUT2D eigenvalue weighted by Gasteiger charge is -1.98. The second-order valence-electron chi connectivity index (χ2n) is 3.60. The van der Waals surface area contributed by atoms with Crippen molar-refractivity contribution in [2.24, 2.45) is 7.05 Å². The van der Waals surface area contributed by atoms with E-state index in [2.05, 4.69) is 10.1 Å². The number of aryl methyl sites for hydroxylation is 2. The van der Waals surface area contributed by atoms with Crippen molar-refractivity contribution in [1.82, 2.24) is 14.8 Å². The number of nitrogens with one attached hydrogen (secondary N) is 1. The van der Waals surface area contributed by atoms with Crippen molar-refractivity contribution in [3.8, 4) is 11.1 Å². The van der Waals surface area contributed by atoms with E-state index in [0.717, 1.165) is 5.69 Å². The van der Waals surface area contributed by atoms with Gasteiger partial charge in [0.15, 0.2) is 6.29 Å². The molecule has 0 amide bonds. The molecule has 0 aliphatic carbocycles. The lowest BCUT2D eigenvalue weighted by Crippen LogP contribution is -2.13. The Morgan fingerprint density at radius 3 is 2.75 bits per heavy atom. The van der Waals surface area contributed by atoms with Gasteiger partial charge in [0.25, 0.3) is 5.56 Å². The second kappa shape index (κ2) is 3.77. The molecule has 5 nitrogen and oxygen atoms in total. The predicted molar refractivity (Wildman–Crippen MR) is 59.4 cm³/mol. The number of hydrogen-bond donors (Lipinski definition) is 1. The summed E-state index contributed by atoms with van der Waals surface area (Å²) in [5, 5.41) is 2.90. The lowest BCUT2D eigenvalue weighted by molar-refractivity contribution is 0.112. The number of nitrogens with zero attached hydrogens (tertiary/aromatic N) is 2. The molecule has 5 heteroatoms. The van der Waals surface area contributed by atoms with Crippen LogP contribution in [0.25, 0.3) is 11.1 Å². The van der Waals surface area contributed by atoms with Crippen molar-refractivity contribution in [1.29, 1.82) is 0 Å². The fourth-order valence-corrected chi connectivity index (χ4v) is 1.69. The molecule has 0 saturated heterocycles. The highest BCUT2D eigenvalue weighted by molar-refractivity contribution is 5.78. The molecule has 0 aliphatic rings. The van der Waals surface area contributed by atoms with Crippen LogP contribution < -0.4 is 5.56 Å². The first-order valence-corrected chi connectivity index (χ1v) is 4.79. The fraction of sp³-hybridized carbons (Fsp3) is 0.182. The molecule has 0 radical (unpaired) electrons. The van der Waals surface area contributed by atoms with E-state index >= 15 is 0 Å².